The van der Waals surface area contributed by atoms with E-state index in [0.717, 1.165) is 23.7 Å². The number of aromatic nitrogens is 1. The fourth-order valence-electron chi connectivity index (χ4n) is 5.78. The van der Waals surface area contributed by atoms with Gasteiger partial charge in [-0.15, -0.1) is 0 Å². The third kappa shape index (κ3) is 4.27. The molecule has 5 rings (SSSR count). The van der Waals surface area contributed by atoms with Crippen LogP contribution in [0.15, 0.2) is 54.7 Å². The Hall–Kier alpha value is -3.61. The first-order valence-electron chi connectivity index (χ1n) is 12.7. The van der Waals surface area contributed by atoms with Crippen molar-refractivity contribution in [2.45, 2.75) is 51.2 Å². The lowest BCUT2D eigenvalue weighted by Gasteiger charge is -2.45. The minimum absolute atomic E-state index is 0.0383. The fourth-order valence-corrected chi connectivity index (χ4v) is 5.78. The average molecular weight is 487 g/mol. The zero-order chi connectivity index (χ0) is 25.6. The molecule has 188 valence electrons. The molecule has 1 aliphatic heterocycles. The Morgan fingerprint density at radius 1 is 1.06 bits per heavy atom. The molecule has 0 spiro atoms. The molecule has 2 aromatic carbocycles. The maximum absolute atomic E-state index is 14.3. The number of piperazine rings is 1. The number of hydrogen-bond donors (Lipinski definition) is 2. The minimum atomic E-state index is -0.882. The molecule has 1 fully saturated rings. The van der Waals surface area contributed by atoms with Crippen molar-refractivity contribution in [2.75, 3.05) is 14.1 Å². The largest absolute Gasteiger partial charge is 0.361 e. The van der Waals surface area contributed by atoms with Gasteiger partial charge in [-0.1, -0.05) is 44.2 Å². The predicted molar refractivity (Wildman–Crippen MR) is 139 cm³/mol. The van der Waals surface area contributed by atoms with Crippen LogP contribution in [0.4, 0.5) is 0 Å². The Kier molecular flexibility index (Phi) is 6.33. The Bertz CT molecular complexity index is 1290. The molecule has 2 heterocycles. The second kappa shape index (κ2) is 9.45. The van der Waals surface area contributed by atoms with E-state index < -0.39 is 18.1 Å². The van der Waals surface area contributed by atoms with Gasteiger partial charge in [0.05, 0.1) is 0 Å². The van der Waals surface area contributed by atoms with Gasteiger partial charge in [0.25, 0.3) is 0 Å². The van der Waals surface area contributed by atoms with E-state index in [1.54, 1.807) is 19.0 Å². The first kappa shape index (κ1) is 24.1. The lowest BCUT2D eigenvalue weighted by Crippen LogP contribution is -2.67. The van der Waals surface area contributed by atoms with Gasteiger partial charge in [0.15, 0.2) is 0 Å². The molecule has 36 heavy (non-hydrogen) atoms. The molecule has 2 aliphatic rings. The number of fused-ring (bicyclic) bond motifs is 2. The Morgan fingerprint density at radius 3 is 2.39 bits per heavy atom. The van der Waals surface area contributed by atoms with Crippen LogP contribution < -0.4 is 5.32 Å². The number of rotatable bonds is 6. The van der Waals surface area contributed by atoms with Crippen LogP contribution in [0.1, 0.15) is 43.0 Å². The maximum atomic E-state index is 14.3. The fraction of sp³-hybridized carbons (Fsp3) is 0.414. The lowest BCUT2D eigenvalue weighted by molar-refractivity contribution is -0.159. The number of likely N-dealkylation sites (N-methyl/N-ethyl adjacent to an activating group) is 1. The SMILES string of the molecule is CC(C)C[C@@H]1C(=O)NC(C2Cc3ccccc3C2)C(=O)N1[C@@H](C(=O)N(C)C)c1ccc2[nH]ccc2c1. The first-order valence-corrected chi connectivity index (χ1v) is 12.7. The van der Waals surface area contributed by atoms with Crippen LogP contribution in [0.5, 0.6) is 0 Å². The number of hydrogen-bond acceptors (Lipinski definition) is 3. The summed E-state index contributed by atoms with van der Waals surface area (Å²) in [6.07, 6.45) is 3.80. The van der Waals surface area contributed by atoms with Crippen molar-refractivity contribution in [3.05, 3.63) is 71.4 Å². The van der Waals surface area contributed by atoms with Gasteiger partial charge in [0, 0.05) is 25.8 Å². The summed E-state index contributed by atoms with van der Waals surface area (Å²) in [5.74, 6) is -0.430. The van der Waals surface area contributed by atoms with Gasteiger partial charge in [-0.2, -0.15) is 0 Å². The molecule has 3 atom stereocenters. The van der Waals surface area contributed by atoms with Crippen molar-refractivity contribution in [3.8, 4) is 0 Å². The number of amides is 3. The summed E-state index contributed by atoms with van der Waals surface area (Å²) < 4.78 is 0. The summed E-state index contributed by atoms with van der Waals surface area (Å²) in [7, 11) is 3.39. The summed E-state index contributed by atoms with van der Waals surface area (Å²) >= 11 is 0. The quantitative estimate of drug-likeness (QED) is 0.560. The Balaban J connectivity index is 1.57. The second-order valence-electron chi connectivity index (χ2n) is 10.8. The van der Waals surface area contributed by atoms with E-state index in [0.29, 0.717) is 12.0 Å². The predicted octanol–water partition coefficient (Wildman–Crippen LogP) is 3.45. The van der Waals surface area contributed by atoms with E-state index in [1.807, 2.05) is 56.4 Å². The highest BCUT2D eigenvalue weighted by Crippen LogP contribution is 2.36. The van der Waals surface area contributed by atoms with Crippen LogP contribution in [0.25, 0.3) is 10.9 Å². The van der Waals surface area contributed by atoms with Gasteiger partial charge < -0.3 is 20.1 Å². The Labute approximate surface area is 211 Å². The van der Waals surface area contributed by atoms with Gasteiger partial charge >= 0.3 is 0 Å². The van der Waals surface area contributed by atoms with E-state index in [1.165, 1.54) is 16.0 Å². The summed E-state index contributed by atoms with van der Waals surface area (Å²) in [6.45, 7) is 4.06. The van der Waals surface area contributed by atoms with Crippen molar-refractivity contribution in [3.63, 3.8) is 0 Å². The van der Waals surface area contributed by atoms with E-state index in [9.17, 15) is 14.4 Å². The number of aromatic amines is 1. The molecule has 0 radical (unpaired) electrons. The van der Waals surface area contributed by atoms with Crippen LogP contribution in [-0.2, 0) is 27.2 Å². The number of nitrogens with zero attached hydrogens (tertiary/aromatic N) is 2. The molecule has 1 unspecified atom stereocenters. The van der Waals surface area contributed by atoms with Crippen molar-refractivity contribution < 1.29 is 14.4 Å². The standard InChI is InChI=1S/C29H34N4O3/c1-17(2)13-24-27(34)31-25(22-14-18-7-5-6-8-19(18)15-22)28(35)33(24)26(29(36)32(3)4)21-9-10-23-20(16-21)11-12-30-23/h5-12,16-17,22,24-26,30H,13-15H2,1-4H3,(H,31,34)/t24-,25?,26-/m1/s1. The van der Waals surface area contributed by atoms with Gasteiger partial charge in [0.1, 0.15) is 18.1 Å². The first-order chi connectivity index (χ1) is 17.2. The molecule has 0 bridgehead atoms. The summed E-state index contributed by atoms with van der Waals surface area (Å²) in [5, 5.41) is 4.03. The molecule has 3 amide bonds. The van der Waals surface area contributed by atoms with Crippen molar-refractivity contribution >= 4 is 28.6 Å². The molecule has 7 heteroatoms. The lowest BCUT2D eigenvalue weighted by atomic mass is 9.87. The summed E-state index contributed by atoms with van der Waals surface area (Å²) in [4.78, 5) is 47.9. The second-order valence-corrected chi connectivity index (χ2v) is 10.8. The zero-order valence-electron chi connectivity index (χ0n) is 21.3. The molecule has 2 N–H and O–H groups in total. The van der Waals surface area contributed by atoms with Crippen molar-refractivity contribution in [1.29, 1.82) is 0 Å². The summed E-state index contributed by atoms with van der Waals surface area (Å²) in [6, 6.07) is 13.7. The normalized spacial score (nSPS) is 21.1. The highest BCUT2D eigenvalue weighted by atomic mass is 16.2. The third-order valence-corrected chi connectivity index (χ3v) is 7.55. The monoisotopic (exact) mass is 486 g/mol. The van der Waals surface area contributed by atoms with E-state index in [2.05, 4.69) is 22.4 Å². The molecule has 3 aromatic rings. The van der Waals surface area contributed by atoms with E-state index in [4.69, 9.17) is 0 Å². The number of carbonyl (C=O) groups excluding carboxylic acids is 3. The number of nitrogens with one attached hydrogen (secondary N) is 2. The zero-order valence-corrected chi connectivity index (χ0v) is 21.3. The van der Waals surface area contributed by atoms with Crippen LogP contribution >= 0.6 is 0 Å². The smallest absolute Gasteiger partial charge is 0.249 e. The van der Waals surface area contributed by atoms with Crippen LogP contribution in [0, 0.1) is 11.8 Å². The van der Waals surface area contributed by atoms with E-state index >= 15 is 0 Å². The molecule has 1 saturated heterocycles. The number of carbonyl (C=O) groups is 3. The van der Waals surface area contributed by atoms with Crippen LogP contribution in [0.3, 0.4) is 0 Å². The van der Waals surface area contributed by atoms with Crippen LogP contribution in [0.2, 0.25) is 0 Å². The molecular formula is C29H34N4O3. The molecular weight excluding hydrogens is 452 g/mol. The van der Waals surface area contributed by atoms with Gasteiger partial charge in [0.2, 0.25) is 17.7 Å². The highest BCUT2D eigenvalue weighted by Gasteiger charge is 2.49. The van der Waals surface area contributed by atoms with E-state index in [-0.39, 0.29) is 29.6 Å². The van der Waals surface area contributed by atoms with Crippen molar-refractivity contribution in [2.24, 2.45) is 11.8 Å². The van der Waals surface area contributed by atoms with Gasteiger partial charge in [-0.05, 0) is 71.4 Å². The minimum Gasteiger partial charge on any atom is -0.361 e. The maximum Gasteiger partial charge on any atom is 0.249 e. The molecule has 1 aromatic heterocycles. The topological polar surface area (TPSA) is 85.5 Å². The van der Waals surface area contributed by atoms with Crippen LogP contribution in [-0.4, -0.2) is 58.7 Å². The Morgan fingerprint density at radius 2 is 1.75 bits per heavy atom. The van der Waals surface area contributed by atoms with Gasteiger partial charge in [-0.25, -0.2) is 0 Å². The number of H-pyrrole nitrogens is 1. The molecule has 1 aliphatic carbocycles. The average Bonchev–Trinajstić information content (AvgIpc) is 3.49. The molecule has 7 nitrogen and oxygen atoms in total. The number of benzene rings is 2. The summed E-state index contributed by atoms with van der Waals surface area (Å²) in [5.41, 5.74) is 4.11. The molecule has 0 saturated carbocycles. The highest BCUT2D eigenvalue weighted by molar-refractivity contribution is 6.00. The third-order valence-electron chi connectivity index (χ3n) is 7.55. The van der Waals surface area contributed by atoms with Gasteiger partial charge in [-0.3, -0.25) is 14.4 Å². The van der Waals surface area contributed by atoms with Crippen molar-refractivity contribution in [1.82, 2.24) is 20.1 Å².